The average Bonchev–Trinajstić information content (AvgIpc) is 3.02. The molecular formula is C19H16ClN3O4S. The van der Waals surface area contributed by atoms with Crippen molar-refractivity contribution in [1.82, 2.24) is 4.98 Å². The van der Waals surface area contributed by atoms with Crippen molar-refractivity contribution in [1.29, 1.82) is 0 Å². The number of hydrogen-bond acceptors (Lipinski definition) is 5. The fourth-order valence-electron chi connectivity index (χ4n) is 3.15. The van der Waals surface area contributed by atoms with Crippen molar-refractivity contribution < 1.29 is 18.3 Å². The average molecular weight is 418 g/mol. The Hall–Kier alpha value is -2.84. The van der Waals surface area contributed by atoms with E-state index in [9.17, 15) is 18.3 Å². The van der Waals surface area contributed by atoms with E-state index in [0.717, 1.165) is 5.39 Å². The molecule has 7 nitrogen and oxygen atoms in total. The van der Waals surface area contributed by atoms with Crippen molar-refractivity contribution in [2.45, 2.75) is 6.42 Å². The van der Waals surface area contributed by atoms with Gasteiger partial charge in [0.1, 0.15) is 10.9 Å². The van der Waals surface area contributed by atoms with E-state index in [1.54, 1.807) is 30.3 Å². The van der Waals surface area contributed by atoms with Gasteiger partial charge in [0.15, 0.2) is 0 Å². The Kier molecular flexibility index (Phi) is 4.60. The Bertz CT molecular complexity index is 1200. The highest BCUT2D eigenvalue weighted by Gasteiger charge is 2.29. The minimum absolute atomic E-state index is 0.0880. The number of fused-ring (bicyclic) bond motifs is 1. The Morgan fingerprint density at radius 3 is 2.71 bits per heavy atom. The zero-order valence-electron chi connectivity index (χ0n) is 14.6. The van der Waals surface area contributed by atoms with Crippen LogP contribution in [-0.2, 0) is 10.0 Å². The van der Waals surface area contributed by atoms with Gasteiger partial charge in [-0.2, -0.15) is 0 Å². The van der Waals surface area contributed by atoms with E-state index in [4.69, 9.17) is 11.6 Å². The zero-order chi connectivity index (χ0) is 19.9. The summed E-state index contributed by atoms with van der Waals surface area (Å²) in [6.45, 7) is 0.376. The van der Waals surface area contributed by atoms with Gasteiger partial charge in [0, 0.05) is 17.5 Å². The van der Waals surface area contributed by atoms with Crippen LogP contribution in [0.5, 0.6) is 5.75 Å². The van der Waals surface area contributed by atoms with Gasteiger partial charge in [-0.25, -0.2) is 13.4 Å². The molecule has 2 N–H and O–H groups in total. The molecule has 4 rings (SSSR count). The van der Waals surface area contributed by atoms with Crippen LogP contribution in [0.3, 0.4) is 0 Å². The molecule has 28 heavy (non-hydrogen) atoms. The first kappa shape index (κ1) is 18.5. The van der Waals surface area contributed by atoms with E-state index in [1.807, 2.05) is 0 Å². The molecule has 0 radical (unpaired) electrons. The van der Waals surface area contributed by atoms with E-state index in [0.29, 0.717) is 34.9 Å². The molecule has 0 spiro atoms. The summed E-state index contributed by atoms with van der Waals surface area (Å²) in [7, 11) is -3.36. The molecule has 1 aliphatic rings. The van der Waals surface area contributed by atoms with Gasteiger partial charge < -0.3 is 10.4 Å². The molecule has 1 amide bonds. The molecule has 2 aromatic carbocycles. The molecule has 3 aromatic rings. The van der Waals surface area contributed by atoms with Crippen LogP contribution in [0.25, 0.3) is 10.9 Å². The molecule has 0 bridgehead atoms. The number of hydrogen-bond donors (Lipinski definition) is 2. The highest BCUT2D eigenvalue weighted by atomic mass is 35.5. The van der Waals surface area contributed by atoms with Crippen LogP contribution in [0, 0.1) is 0 Å². The lowest BCUT2D eigenvalue weighted by Crippen LogP contribution is -2.25. The third kappa shape index (κ3) is 3.48. The topological polar surface area (TPSA) is 99.6 Å². The maximum absolute atomic E-state index is 12.6. The summed E-state index contributed by atoms with van der Waals surface area (Å²) in [6, 6.07) is 12.7. The van der Waals surface area contributed by atoms with Gasteiger partial charge in [0.25, 0.3) is 5.91 Å². The Balaban J connectivity index is 1.62. The number of nitrogens with zero attached hydrogens (tertiary/aromatic N) is 2. The number of sulfonamides is 1. The molecule has 0 atom stereocenters. The van der Waals surface area contributed by atoms with Gasteiger partial charge in [-0.1, -0.05) is 11.6 Å². The van der Waals surface area contributed by atoms with Crippen LogP contribution in [0.2, 0.25) is 5.15 Å². The smallest absolute Gasteiger partial charge is 0.255 e. The summed E-state index contributed by atoms with van der Waals surface area (Å²) in [5.41, 5.74) is 1.57. The maximum Gasteiger partial charge on any atom is 0.255 e. The monoisotopic (exact) mass is 417 g/mol. The van der Waals surface area contributed by atoms with E-state index < -0.39 is 15.9 Å². The number of carbonyl (C=O) groups excluding carboxylic acids is 1. The van der Waals surface area contributed by atoms with E-state index in [-0.39, 0.29) is 17.2 Å². The lowest BCUT2D eigenvalue weighted by atomic mass is 10.1. The summed E-state index contributed by atoms with van der Waals surface area (Å²) in [5.74, 6) is -0.499. The van der Waals surface area contributed by atoms with Crippen LogP contribution in [0.1, 0.15) is 16.8 Å². The van der Waals surface area contributed by atoms with Gasteiger partial charge in [-0.05, 0) is 55.0 Å². The van der Waals surface area contributed by atoms with Crippen LogP contribution in [0.4, 0.5) is 11.4 Å². The van der Waals surface area contributed by atoms with Gasteiger partial charge in [-0.15, -0.1) is 0 Å². The van der Waals surface area contributed by atoms with Crippen molar-refractivity contribution in [2.24, 2.45) is 0 Å². The minimum Gasteiger partial charge on any atom is -0.506 e. The fraction of sp³-hybridized carbons (Fsp3) is 0.158. The summed E-state index contributed by atoms with van der Waals surface area (Å²) in [5, 5.41) is 13.8. The first-order chi connectivity index (χ1) is 13.3. The normalized spacial score (nSPS) is 15.7. The first-order valence-corrected chi connectivity index (χ1v) is 10.5. The lowest BCUT2D eigenvalue weighted by Gasteiger charge is -2.18. The van der Waals surface area contributed by atoms with Crippen molar-refractivity contribution in [3.05, 3.63) is 59.2 Å². The number of anilines is 2. The van der Waals surface area contributed by atoms with Crippen molar-refractivity contribution in [3.8, 4) is 5.75 Å². The van der Waals surface area contributed by atoms with Crippen LogP contribution < -0.4 is 9.62 Å². The number of aromatic nitrogens is 1. The third-order valence-corrected chi connectivity index (χ3v) is 6.61. The predicted octanol–water partition coefficient (Wildman–Crippen LogP) is 3.39. The molecule has 0 aliphatic carbocycles. The summed E-state index contributed by atoms with van der Waals surface area (Å²) >= 11 is 5.87. The standard InChI is InChI=1S/C19H16ClN3O4S/c20-18-7-3-12-10-13(2-5-15(12)21-18)19(25)22-16-11-14(4-6-17(16)24)23-8-1-9-28(23,26)27/h2-7,10-11,24H,1,8-9H2,(H,22,25). The summed E-state index contributed by atoms with van der Waals surface area (Å²) < 4.78 is 25.5. The number of aromatic hydroxyl groups is 1. The summed E-state index contributed by atoms with van der Waals surface area (Å²) in [4.78, 5) is 16.8. The Morgan fingerprint density at radius 2 is 1.96 bits per heavy atom. The number of nitrogens with one attached hydrogen (secondary N) is 1. The zero-order valence-corrected chi connectivity index (χ0v) is 16.2. The molecule has 1 fully saturated rings. The number of phenolic OH excluding ortho intramolecular Hbond substituents is 1. The molecule has 144 valence electrons. The molecule has 0 unspecified atom stereocenters. The van der Waals surface area contributed by atoms with E-state index >= 15 is 0 Å². The number of rotatable bonds is 3. The van der Waals surface area contributed by atoms with E-state index in [2.05, 4.69) is 10.3 Å². The van der Waals surface area contributed by atoms with Gasteiger partial charge >= 0.3 is 0 Å². The number of phenols is 1. The van der Waals surface area contributed by atoms with Crippen LogP contribution in [-0.4, -0.2) is 36.7 Å². The first-order valence-electron chi connectivity index (χ1n) is 8.55. The molecule has 1 aliphatic heterocycles. The maximum atomic E-state index is 12.6. The Labute approximate surface area is 166 Å². The second-order valence-electron chi connectivity index (χ2n) is 6.44. The van der Waals surface area contributed by atoms with Crippen LogP contribution >= 0.6 is 11.6 Å². The highest BCUT2D eigenvalue weighted by Crippen LogP contribution is 2.32. The second kappa shape index (κ2) is 6.96. The largest absolute Gasteiger partial charge is 0.506 e. The lowest BCUT2D eigenvalue weighted by molar-refractivity contribution is 0.102. The number of pyridine rings is 1. The quantitative estimate of drug-likeness (QED) is 0.502. The number of benzene rings is 2. The molecular weight excluding hydrogens is 402 g/mol. The van der Waals surface area contributed by atoms with Gasteiger partial charge in [0.2, 0.25) is 10.0 Å². The highest BCUT2D eigenvalue weighted by molar-refractivity contribution is 7.93. The van der Waals surface area contributed by atoms with Crippen molar-refractivity contribution in [3.63, 3.8) is 0 Å². The van der Waals surface area contributed by atoms with Gasteiger partial charge in [-0.3, -0.25) is 9.10 Å². The molecule has 2 heterocycles. The van der Waals surface area contributed by atoms with Crippen molar-refractivity contribution in [2.75, 3.05) is 21.9 Å². The second-order valence-corrected chi connectivity index (χ2v) is 8.84. The SMILES string of the molecule is O=C(Nc1cc(N2CCCS2(=O)=O)ccc1O)c1ccc2nc(Cl)ccc2c1. The summed E-state index contributed by atoms with van der Waals surface area (Å²) in [6.07, 6.45) is 0.542. The number of halogens is 1. The molecule has 0 saturated carbocycles. The number of carbonyl (C=O) groups is 1. The molecule has 1 aromatic heterocycles. The van der Waals surface area contributed by atoms with Gasteiger partial charge in [0.05, 0.1) is 22.6 Å². The molecule has 1 saturated heterocycles. The predicted molar refractivity (Wildman–Crippen MR) is 109 cm³/mol. The molecule has 9 heteroatoms. The Morgan fingerprint density at radius 1 is 1.14 bits per heavy atom. The van der Waals surface area contributed by atoms with Crippen LogP contribution in [0.15, 0.2) is 48.5 Å². The fourth-order valence-corrected chi connectivity index (χ4v) is 4.86. The van der Waals surface area contributed by atoms with Crippen molar-refractivity contribution >= 4 is 49.8 Å². The number of amides is 1. The van der Waals surface area contributed by atoms with E-state index in [1.165, 1.54) is 22.5 Å². The third-order valence-electron chi connectivity index (χ3n) is 4.53. The minimum atomic E-state index is -3.36.